The van der Waals surface area contributed by atoms with Crippen LogP contribution in [0, 0.1) is 5.92 Å². The summed E-state index contributed by atoms with van der Waals surface area (Å²) in [7, 11) is 1.80. The molecule has 2 atom stereocenters. The largest absolute Gasteiger partial charge is 0.384 e. The van der Waals surface area contributed by atoms with Gasteiger partial charge in [-0.3, -0.25) is 4.99 Å². The monoisotopic (exact) mass is 324 g/mol. The zero-order valence-corrected chi connectivity index (χ0v) is 15.4. The van der Waals surface area contributed by atoms with Gasteiger partial charge < -0.3 is 19.9 Å². The Morgan fingerprint density at radius 1 is 1.26 bits per heavy atom. The van der Waals surface area contributed by atoms with Gasteiger partial charge in [0.25, 0.3) is 0 Å². The van der Waals surface area contributed by atoms with E-state index >= 15 is 0 Å². The average molecular weight is 325 g/mol. The molecule has 1 N–H and O–H groups in total. The van der Waals surface area contributed by atoms with Crippen LogP contribution in [-0.4, -0.2) is 74.8 Å². The first-order valence-electron chi connectivity index (χ1n) is 9.50. The van der Waals surface area contributed by atoms with Gasteiger partial charge in [0, 0.05) is 51.8 Å². The molecule has 2 aliphatic rings. The second-order valence-electron chi connectivity index (χ2n) is 7.03. The lowest BCUT2D eigenvalue weighted by molar-refractivity contribution is 0.157. The molecular formula is C18H36N4O. The number of rotatable bonds is 7. The first kappa shape index (κ1) is 18.5. The highest BCUT2D eigenvalue weighted by molar-refractivity contribution is 5.80. The van der Waals surface area contributed by atoms with Crippen LogP contribution in [0.25, 0.3) is 0 Å². The molecule has 5 heteroatoms. The Labute approximate surface area is 142 Å². The van der Waals surface area contributed by atoms with E-state index < -0.39 is 0 Å². The van der Waals surface area contributed by atoms with Gasteiger partial charge in [0.15, 0.2) is 5.96 Å². The lowest BCUT2D eigenvalue weighted by Gasteiger charge is -2.33. The SMILES string of the molecule is CCNC(=NCCCN1CCCCC1C)N1CCC(COC)C1. The molecule has 2 fully saturated rings. The number of ether oxygens (including phenoxy) is 1. The maximum atomic E-state index is 5.30. The minimum atomic E-state index is 0.651. The van der Waals surface area contributed by atoms with Gasteiger partial charge in [-0.25, -0.2) is 0 Å². The zero-order valence-electron chi connectivity index (χ0n) is 15.4. The lowest BCUT2D eigenvalue weighted by Crippen LogP contribution is -2.41. The molecule has 0 bridgehead atoms. The van der Waals surface area contributed by atoms with Gasteiger partial charge >= 0.3 is 0 Å². The molecule has 2 unspecified atom stereocenters. The van der Waals surface area contributed by atoms with Crippen LogP contribution in [-0.2, 0) is 4.74 Å². The summed E-state index contributed by atoms with van der Waals surface area (Å²) in [6, 6.07) is 0.759. The highest BCUT2D eigenvalue weighted by atomic mass is 16.5. The minimum Gasteiger partial charge on any atom is -0.384 e. The summed E-state index contributed by atoms with van der Waals surface area (Å²) in [5, 5.41) is 3.46. The first-order valence-corrected chi connectivity index (χ1v) is 9.50. The van der Waals surface area contributed by atoms with Gasteiger partial charge in [-0.05, 0) is 46.1 Å². The number of nitrogens with one attached hydrogen (secondary N) is 1. The number of methoxy groups -OCH3 is 1. The highest BCUT2D eigenvalue weighted by Crippen LogP contribution is 2.17. The molecule has 0 saturated carbocycles. The summed E-state index contributed by atoms with van der Waals surface area (Å²) in [5.41, 5.74) is 0. The van der Waals surface area contributed by atoms with Gasteiger partial charge in [-0.15, -0.1) is 0 Å². The summed E-state index contributed by atoms with van der Waals surface area (Å²) in [6.45, 7) is 11.9. The molecule has 0 amide bonds. The second kappa shape index (κ2) is 10.1. The molecule has 2 rings (SSSR count). The van der Waals surface area contributed by atoms with E-state index in [1.165, 1.54) is 38.8 Å². The van der Waals surface area contributed by atoms with Crippen molar-refractivity contribution in [3.05, 3.63) is 0 Å². The molecule has 134 valence electrons. The van der Waals surface area contributed by atoms with Crippen LogP contribution < -0.4 is 5.32 Å². The number of nitrogens with zero attached hydrogens (tertiary/aromatic N) is 3. The van der Waals surface area contributed by atoms with Gasteiger partial charge in [-0.2, -0.15) is 0 Å². The van der Waals surface area contributed by atoms with Crippen LogP contribution in [0.5, 0.6) is 0 Å². The number of hydrogen-bond acceptors (Lipinski definition) is 3. The molecule has 0 aliphatic carbocycles. The van der Waals surface area contributed by atoms with E-state index in [0.717, 1.165) is 51.2 Å². The van der Waals surface area contributed by atoms with E-state index in [1.807, 2.05) is 0 Å². The van der Waals surface area contributed by atoms with Crippen molar-refractivity contribution in [3.63, 3.8) is 0 Å². The van der Waals surface area contributed by atoms with Crippen LogP contribution in [0.1, 0.15) is 46.0 Å². The fourth-order valence-corrected chi connectivity index (χ4v) is 3.77. The first-order chi connectivity index (χ1) is 11.2. The number of guanidine groups is 1. The fourth-order valence-electron chi connectivity index (χ4n) is 3.77. The van der Waals surface area contributed by atoms with Gasteiger partial charge in [0.05, 0.1) is 6.61 Å². The molecule has 2 saturated heterocycles. The molecule has 0 aromatic rings. The third kappa shape index (κ3) is 5.96. The number of aliphatic imine (C=N–C) groups is 1. The topological polar surface area (TPSA) is 40.1 Å². The van der Waals surface area contributed by atoms with Crippen molar-refractivity contribution in [2.75, 3.05) is 53.0 Å². The maximum Gasteiger partial charge on any atom is 0.193 e. The van der Waals surface area contributed by atoms with Gasteiger partial charge in [0.1, 0.15) is 0 Å². The molecular weight excluding hydrogens is 288 g/mol. The average Bonchev–Trinajstić information content (AvgIpc) is 3.01. The Balaban J connectivity index is 1.75. The molecule has 0 spiro atoms. The van der Waals surface area contributed by atoms with E-state index in [4.69, 9.17) is 9.73 Å². The summed E-state index contributed by atoms with van der Waals surface area (Å²) in [6.07, 6.45) is 6.50. The number of likely N-dealkylation sites (tertiary alicyclic amines) is 2. The summed E-state index contributed by atoms with van der Waals surface area (Å²) in [5.74, 6) is 1.75. The van der Waals surface area contributed by atoms with Crippen LogP contribution >= 0.6 is 0 Å². The van der Waals surface area contributed by atoms with Crippen molar-refractivity contribution in [2.45, 2.75) is 52.0 Å². The summed E-state index contributed by atoms with van der Waals surface area (Å²) >= 11 is 0. The number of hydrogen-bond donors (Lipinski definition) is 1. The van der Waals surface area contributed by atoms with Crippen LogP contribution in [0.2, 0.25) is 0 Å². The smallest absolute Gasteiger partial charge is 0.193 e. The molecule has 2 aliphatic heterocycles. The van der Waals surface area contributed by atoms with Crippen LogP contribution in [0.4, 0.5) is 0 Å². The summed E-state index contributed by atoms with van der Waals surface area (Å²) < 4.78 is 5.30. The third-order valence-corrected chi connectivity index (χ3v) is 5.13. The normalized spacial score (nSPS) is 26.7. The van der Waals surface area contributed by atoms with E-state index in [9.17, 15) is 0 Å². The van der Waals surface area contributed by atoms with Crippen molar-refractivity contribution in [1.82, 2.24) is 15.1 Å². The van der Waals surface area contributed by atoms with E-state index in [2.05, 4.69) is 29.0 Å². The molecule has 0 radical (unpaired) electrons. The van der Waals surface area contributed by atoms with E-state index in [0.29, 0.717) is 5.92 Å². The summed E-state index contributed by atoms with van der Waals surface area (Å²) in [4.78, 5) is 9.90. The van der Waals surface area contributed by atoms with Crippen molar-refractivity contribution in [3.8, 4) is 0 Å². The molecule has 2 heterocycles. The maximum absolute atomic E-state index is 5.30. The molecule has 5 nitrogen and oxygen atoms in total. The quantitative estimate of drug-likeness (QED) is 0.443. The Hall–Kier alpha value is -0.810. The third-order valence-electron chi connectivity index (χ3n) is 5.13. The van der Waals surface area contributed by atoms with Gasteiger partial charge in [-0.1, -0.05) is 6.42 Å². The molecule has 23 heavy (non-hydrogen) atoms. The fraction of sp³-hybridized carbons (Fsp3) is 0.944. The van der Waals surface area contributed by atoms with Crippen molar-refractivity contribution >= 4 is 5.96 Å². The van der Waals surface area contributed by atoms with Crippen molar-refractivity contribution in [1.29, 1.82) is 0 Å². The molecule has 0 aromatic heterocycles. The minimum absolute atomic E-state index is 0.651. The standard InChI is InChI=1S/C18H36N4O/c1-4-19-18(22-13-9-17(14-22)15-23-3)20-10-7-12-21-11-6-5-8-16(21)2/h16-17H,4-15H2,1-3H3,(H,19,20). The van der Waals surface area contributed by atoms with Crippen molar-refractivity contribution in [2.24, 2.45) is 10.9 Å². The van der Waals surface area contributed by atoms with Gasteiger partial charge in [0.2, 0.25) is 0 Å². The Morgan fingerprint density at radius 3 is 2.87 bits per heavy atom. The van der Waals surface area contributed by atoms with E-state index in [-0.39, 0.29) is 0 Å². The number of piperidine rings is 1. The predicted molar refractivity (Wildman–Crippen MR) is 97.0 cm³/mol. The Bertz CT molecular complexity index is 361. The Morgan fingerprint density at radius 2 is 2.13 bits per heavy atom. The van der Waals surface area contributed by atoms with Crippen molar-refractivity contribution < 1.29 is 4.74 Å². The highest BCUT2D eigenvalue weighted by Gasteiger charge is 2.24. The molecule has 0 aromatic carbocycles. The predicted octanol–water partition coefficient (Wildman–Crippen LogP) is 2.18. The lowest BCUT2D eigenvalue weighted by atomic mass is 10.0. The van der Waals surface area contributed by atoms with E-state index in [1.54, 1.807) is 7.11 Å². The van der Waals surface area contributed by atoms with Crippen LogP contribution in [0.3, 0.4) is 0 Å². The Kier molecular flexibility index (Phi) is 8.17. The zero-order chi connectivity index (χ0) is 16.5. The second-order valence-corrected chi connectivity index (χ2v) is 7.03. The van der Waals surface area contributed by atoms with Crippen LogP contribution in [0.15, 0.2) is 4.99 Å².